The average molecular weight is 420 g/mol. The zero-order valence-corrected chi connectivity index (χ0v) is 17.1. The highest BCUT2D eigenvalue weighted by Crippen LogP contribution is 2.27. The smallest absolute Gasteiger partial charge is 0.285 e. The van der Waals surface area contributed by atoms with Crippen LogP contribution in [0.2, 0.25) is 0 Å². The molecule has 2 aromatic carbocycles. The van der Waals surface area contributed by atoms with Gasteiger partial charge < -0.3 is 9.53 Å². The van der Waals surface area contributed by atoms with Crippen molar-refractivity contribution in [3.63, 3.8) is 0 Å². The molecule has 1 amide bonds. The molecule has 3 aromatic rings. The van der Waals surface area contributed by atoms with Crippen LogP contribution in [0.4, 0.5) is 0 Å². The lowest BCUT2D eigenvalue weighted by molar-refractivity contribution is -0.731. The van der Waals surface area contributed by atoms with E-state index in [2.05, 4.69) is 0 Å². The van der Waals surface area contributed by atoms with Crippen molar-refractivity contribution >= 4 is 40.0 Å². The summed E-state index contributed by atoms with van der Waals surface area (Å²) in [6.45, 7) is -0.162. The summed E-state index contributed by atoms with van der Waals surface area (Å²) in [6, 6.07) is 13.2. The second kappa shape index (κ2) is 9.01. The number of ether oxygens (including phenoxy) is 1. The number of nitrogens with zero attached hydrogens (tertiary/aromatic N) is 3. The van der Waals surface area contributed by atoms with Gasteiger partial charge in [-0.3, -0.25) is 9.59 Å². The topological polar surface area (TPSA) is 89.7 Å². The molecule has 1 aliphatic rings. The van der Waals surface area contributed by atoms with E-state index < -0.39 is 12.1 Å². The number of aromatic nitrogens is 2. The standard InChI is InChI=1S/C23H22N3O5/c1-30-20-10-6-9-19-23(20)24-17-7-2-3-8-18(17)26(19)22(11-4-5-14-27)31-25-15-16(28)12-13-21(25)29/h2-3,6-10,12-14,22H,4-5,11,15H2,1H3/q+1. The van der Waals surface area contributed by atoms with Crippen LogP contribution < -0.4 is 9.30 Å². The lowest BCUT2D eigenvalue weighted by atomic mass is 10.1. The van der Waals surface area contributed by atoms with Crippen LogP contribution >= 0.6 is 0 Å². The van der Waals surface area contributed by atoms with Crippen LogP contribution in [0.25, 0.3) is 22.1 Å². The Balaban J connectivity index is 1.88. The van der Waals surface area contributed by atoms with E-state index >= 15 is 0 Å². The summed E-state index contributed by atoms with van der Waals surface area (Å²) in [5.74, 6) is -0.0148. The average Bonchev–Trinajstić information content (AvgIpc) is 2.79. The first-order valence-corrected chi connectivity index (χ1v) is 10.0. The van der Waals surface area contributed by atoms with Crippen LogP contribution in [-0.4, -0.2) is 41.7 Å². The quantitative estimate of drug-likeness (QED) is 0.241. The molecule has 4 rings (SSSR count). The molecule has 0 bridgehead atoms. The normalized spacial score (nSPS) is 14.9. The van der Waals surface area contributed by atoms with Crippen molar-refractivity contribution < 1.29 is 28.5 Å². The number of rotatable bonds is 8. The van der Waals surface area contributed by atoms with Gasteiger partial charge in [-0.15, -0.1) is 0 Å². The summed E-state index contributed by atoms with van der Waals surface area (Å²) in [7, 11) is 1.58. The van der Waals surface area contributed by atoms with Gasteiger partial charge >= 0.3 is 0 Å². The number of ketones is 1. The maximum absolute atomic E-state index is 12.3. The third kappa shape index (κ3) is 4.15. The van der Waals surface area contributed by atoms with Crippen molar-refractivity contribution in [2.45, 2.75) is 25.5 Å². The Hall–Kier alpha value is -3.65. The van der Waals surface area contributed by atoms with E-state index in [4.69, 9.17) is 14.6 Å². The predicted octanol–water partition coefficient (Wildman–Crippen LogP) is 2.45. The maximum atomic E-state index is 12.3. The summed E-state index contributed by atoms with van der Waals surface area (Å²) in [6.07, 6.45) is 4.01. The van der Waals surface area contributed by atoms with Crippen LogP contribution in [0.3, 0.4) is 0 Å². The number of hydroxylamine groups is 2. The Bertz CT molecular complexity index is 1190. The summed E-state index contributed by atoms with van der Waals surface area (Å²) in [5, 5.41) is 1.07. The van der Waals surface area contributed by atoms with Crippen LogP contribution in [0.1, 0.15) is 25.5 Å². The molecule has 31 heavy (non-hydrogen) atoms. The lowest BCUT2D eigenvalue weighted by Crippen LogP contribution is -2.48. The number of carbonyl (C=O) groups excluding carboxylic acids is 3. The molecule has 8 nitrogen and oxygen atoms in total. The second-order valence-corrected chi connectivity index (χ2v) is 7.13. The molecule has 1 aliphatic heterocycles. The minimum Gasteiger partial charge on any atom is -0.494 e. The minimum absolute atomic E-state index is 0.162. The molecule has 0 aliphatic carbocycles. The Morgan fingerprint density at radius 2 is 1.94 bits per heavy atom. The Labute approximate surface area is 178 Å². The van der Waals surface area contributed by atoms with Crippen molar-refractivity contribution in [3.05, 3.63) is 54.6 Å². The summed E-state index contributed by atoms with van der Waals surface area (Å²) >= 11 is 0. The molecule has 0 radical (unpaired) electrons. The molecule has 1 aromatic heterocycles. The van der Waals surface area contributed by atoms with Crippen molar-refractivity contribution in [1.29, 1.82) is 0 Å². The van der Waals surface area contributed by atoms with E-state index in [1.807, 2.05) is 47.0 Å². The number of carbonyl (C=O) groups is 3. The van der Waals surface area contributed by atoms with Gasteiger partial charge in [-0.25, -0.2) is 14.9 Å². The first-order valence-electron chi connectivity index (χ1n) is 10.0. The van der Waals surface area contributed by atoms with E-state index in [1.165, 1.54) is 12.2 Å². The van der Waals surface area contributed by atoms with Crippen LogP contribution in [0, 0.1) is 0 Å². The first-order chi connectivity index (χ1) is 15.1. The highest BCUT2D eigenvalue weighted by molar-refractivity contribution is 6.03. The van der Waals surface area contributed by atoms with Gasteiger partial charge in [0.25, 0.3) is 12.1 Å². The SMILES string of the molecule is COc1cccc2c1nc1ccccc1[n+]2C(CCCC=O)ON1CC(=O)C=CC1=O. The van der Waals surface area contributed by atoms with Crippen LogP contribution in [-0.2, 0) is 19.2 Å². The van der Waals surface area contributed by atoms with Crippen molar-refractivity contribution in [2.24, 2.45) is 0 Å². The molecule has 1 unspecified atom stereocenters. The van der Waals surface area contributed by atoms with Gasteiger partial charge in [0.2, 0.25) is 11.0 Å². The minimum atomic E-state index is -0.647. The summed E-state index contributed by atoms with van der Waals surface area (Å²) < 4.78 is 7.45. The lowest BCUT2D eigenvalue weighted by Gasteiger charge is -2.25. The number of hydrogen-bond acceptors (Lipinski definition) is 6. The predicted molar refractivity (Wildman–Crippen MR) is 112 cm³/mol. The van der Waals surface area contributed by atoms with Gasteiger partial charge in [-0.05, 0) is 24.6 Å². The number of fused-ring (bicyclic) bond motifs is 2. The Kier molecular flexibility index (Phi) is 5.99. The summed E-state index contributed by atoms with van der Waals surface area (Å²) in [4.78, 5) is 46.0. The van der Waals surface area contributed by atoms with Gasteiger partial charge in [-0.1, -0.05) is 18.2 Å². The zero-order valence-electron chi connectivity index (χ0n) is 17.1. The fourth-order valence-corrected chi connectivity index (χ4v) is 3.67. The molecule has 1 atom stereocenters. The molecule has 0 fully saturated rings. The number of para-hydroxylation sites is 3. The van der Waals surface area contributed by atoms with E-state index in [-0.39, 0.29) is 12.3 Å². The van der Waals surface area contributed by atoms with Gasteiger partial charge in [0.05, 0.1) is 7.11 Å². The number of amides is 1. The monoisotopic (exact) mass is 420 g/mol. The second-order valence-electron chi connectivity index (χ2n) is 7.13. The highest BCUT2D eigenvalue weighted by Gasteiger charge is 2.32. The molecular formula is C23H22N3O5+. The third-order valence-electron chi connectivity index (χ3n) is 5.10. The highest BCUT2D eigenvalue weighted by atomic mass is 16.7. The van der Waals surface area contributed by atoms with E-state index in [9.17, 15) is 14.4 Å². The molecular weight excluding hydrogens is 398 g/mol. The van der Waals surface area contributed by atoms with Crippen molar-refractivity contribution in [2.75, 3.05) is 13.7 Å². The van der Waals surface area contributed by atoms with E-state index in [0.29, 0.717) is 30.5 Å². The maximum Gasteiger partial charge on any atom is 0.285 e. The molecule has 0 spiro atoms. The molecule has 0 saturated heterocycles. The van der Waals surface area contributed by atoms with Gasteiger partial charge in [0.1, 0.15) is 18.3 Å². The van der Waals surface area contributed by atoms with E-state index in [0.717, 1.165) is 27.9 Å². The number of methoxy groups -OCH3 is 1. The van der Waals surface area contributed by atoms with Crippen molar-refractivity contribution in [3.8, 4) is 5.75 Å². The Morgan fingerprint density at radius 1 is 1.13 bits per heavy atom. The van der Waals surface area contributed by atoms with Crippen molar-refractivity contribution in [1.82, 2.24) is 10.0 Å². The number of aldehydes is 1. The Morgan fingerprint density at radius 3 is 2.74 bits per heavy atom. The number of unbranched alkanes of at least 4 members (excludes halogenated alkanes) is 1. The molecule has 0 N–H and O–H groups in total. The molecule has 0 saturated carbocycles. The summed E-state index contributed by atoms with van der Waals surface area (Å²) in [5.41, 5.74) is 2.92. The molecule has 2 heterocycles. The number of hydrogen-bond donors (Lipinski definition) is 0. The van der Waals surface area contributed by atoms with Gasteiger partial charge in [0.15, 0.2) is 17.0 Å². The van der Waals surface area contributed by atoms with Gasteiger partial charge in [0, 0.05) is 31.1 Å². The number of benzene rings is 2. The van der Waals surface area contributed by atoms with Crippen LogP contribution in [0.15, 0.2) is 54.6 Å². The van der Waals surface area contributed by atoms with Crippen LogP contribution in [0.5, 0.6) is 5.75 Å². The first kappa shape index (κ1) is 20.6. The zero-order chi connectivity index (χ0) is 21.8. The van der Waals surface area contributed by atoms with E-state index in [1.54, 1.807) is 7.11 Å². The fraction of sp³-hybridized carbons (Fsp3) is 0.261. The largest absolute Gasteiger partial charge is 0.494 e. The third-order valence-corrected chi connectivity index (χ3v) is 5.10. The fourth-order valence-electron chi connectivity index (χ4n) is 3.67. The van der Waals surface area contributed by atoms with Gasteiger partial charge in [-0.2, -0.15) is 4.57 Å². The molecule has 158 valence electrons. The molecule has 8 heteroatoms.